The summed E-state index contributed by atoms with van der Waals surface area (Å²) in [5.74, 6) is 0. The first-order chi connectivity index (χ1) is 0. The van der Waals surface area contributed by atoms with Crippen LogP contribution in [0.2, 0.25) is 0 Å². The van der Waals surface area contributed by atoms with E-state index in [1.807, 2.05) is 0 Å². The van der Waals surface area contributed by atoms with E-state index < -0.39 is 0 Å². The van der Waals surface area contributed by atoms with Crippen LogP contribution in [-0.2, 0) is 68.3 Å². The summed E-state index contributed by atoms with van der Waals surface area (Å²) in [6.45, 7) is 0. The fourth-order valence-electron chi connectivity index (χ4n) is 0. The monoisotopic (exact) mass is 434 g/mol. The topological polar surface area (TPSA) is 0 Å². The Morgan fingerprint density at radius 3 is 0.167 bits per heavy atom. The molecule has 0 fully saturated rings. The maximum atomic E-state index is 0. The van der Waals surface area contributed by atoms with Gasteiger partial charge in [0.25, 0.3) is 0 Å². The summed E-state index contributed by atoms with van der Waals surface area (Å²) in [4.78, 5) is 0. The molecule has 0 atom stereocenters. The van der Waals surface area contributed by atoms with Gasteiger partial charge in [0.05, 0.1) is 0 Å². The van der Waals surface area contributed by atoms with E-state index in [0.717, 1.165) is 0 Å². The van der Waals surface area contributed by atoms with Gasteiger partial charge in [-0.1, -0.05) is 0 Å². The summed E-state index contributed by atoms with van der Waals surface area (Å²) in [5, 5.41) is 0. The SMILES string of the molecule is [CH3-].[CH3-].[CH3-].[CH3-].[CH3-].[CH3-].[CH3-].[CH3-].[CH3-].[CH3-].[CH3-].[CH3-].[CH3-].[CH3-].[Fe+2].[Fe+4].[Fe+4].[Fe+4]. The van der Waals surface area contributed by atoms with Crippen LogP contribution in [0, 0.1) is 104 Å². The van der Waals surface area contributed by atoms with Crippen LogP contribution in [-0.4, -0.2) is 0 Å². The van der Waals surface area contributed by atoms with Crippen molar-refractivity contribution in [2.24, 2.45) is 0 Å². The van der Waals surface area contributed by atoms with Crippen LogP contribution in [0.5, 0.6) is 0 Å². The average molecular weight is 434 g/mol. The Bertz CT molecular complexity index is 13.8. The van der Waals surface area contributed by atoms with Gasteiger partial charge < -0.3 is 104 Å². The smallest absolute Gasteiger partial charge is 0.358 e. The molecule has 0 radical (unpaired) electrons. The molecular formula is C14H42Fe4. The van der Waals surface area contributed by atoms with Gasteiger partial charge in [0.15, 0.2) is 0 Å². The van der Waals surface area contributed by atoms with Crippen LogP contribution in [0.1, 0.15) is 0 Å². The van der Waals surface area contributed by atoms with Gasteiger partial charge >= 0.3 is 68.3 Å². The van der Waals surface area contributed by atoms with Gasteiger partial charge in [-0.05, 0) is 0 Å². The van der Waals surface area contributed by atoms with Crippen LogP contribution < -0.4 is 0 Å². The van der Waals surface area contributed by atoms with Crippen molar-refractivity contribution in [3.63, 3.8) is 0 Å². The molecule has 18 heavy (non-hydrogen) atoms. The minimum atomic E-state index is 0. The zero-order chi connectivity index (χ0) is 0. The number of rotatable bonds is 0. The Labute approximate surface area is 171 Å². The molecule has 0 nitrogen and oxygen atoms in total. The predicted octanol–water partition coefficient (Wildman–Crippen LogP) is 6.29. The van der Waals surface area contributed by atoms with Crippen molar-refractivity contribution in [1.82, 2.24) is 0 Å². The van der Waals surface area contributed by atoms with Crippen LogP contribution in [0.3, 0.4) is 0 Å². The molecule has 0 bridgehead atoms. The largest absolute Gasteiger partial charge is 4.00 e. The van der Waals surface area contributed by atoms with Crippen molar-refractivity contribution in [1.29, 1.82) is 0 Å². The molecule has 0 saturated heterocycles. The molecule has 0 spiro atoms. The van der Waals surface area contributed by atoms with E-state index in [1.54, 1.807) is 0 Å². The summed E-state index contributed by atoms with van der Waals surface area (Å²) in [6.07, 6.45) is 0. The third-order valence-corrected chi connectivity index (χ3v) is 0. The molecule has 0 heterocycles. The van der Waals surface area contributed by atoms with E-state index in [1.165, 1.54) is 0 Å². The average Bonchev–Trinajstić information content (AvgIpc) is 0. The van der Waals surface area contributed by atoms with Crippen molar-refractivity contribution in [2.45, 2.75) is 0 Å². The summed E-state index contributed by atoms with van der Waals surface area (Å²) < 4.78 is 0. The summed E-state index contributed by atoms with van der Waals surface area (Å²) in [7, 11) is 0. The van der Waals surface area contributed by atoms with Gasteiger partial charge in [-0.3, -0.25) is 0 Å². The Morgan fingerprint density at radius 2 is 0.167 bits per heavy atom. The molecule has 0 aromatic rings. The molecular weight excluding hydrogens is 392 g/mol. The maximum Gasteiger partial charge on any atom is 4.00 e. The van der Waals surface area contributed by atoms with Crippen molar-refractivity contribution >= 4 is 0 Å². The third-order valence-electron chi connectivity index (χ3n) is 0. The second-order valence-electron chi connectivity index (χ2n) is 0. The fourth-order valence-corrected chi connectivity index (χ4v) is 0. The minimum absolute atomic E-state index is 0. The second kappa shape index (κ2) is 1440. The Hall–Kier alpha value is 2.08. The van der Waals surface area contributed by atoms with E-state index in [2.05, 4.69) is 0 Å². The minimum Gasteiger partial charge on any atom is -0.358 e. The summed E-state index contributed by atoms with van der Waals surface area (Å²) in [6, 6.07) is 0. The summed E-state index contributed by atoms with van der Waals surface area (Å²) >= 11 is 0. The van der Waals surface area contributed by atoms with Crippen molar-refractivity contribution in [3.05, 3.63) is 104 Å². The summed E-state index contributed by atoms with van der Waals surface area (Å²) in [5.41, 5.74) is 0. The van der Waals surface area contributed by atoms with Gasteiger partial charge in [0.2, 0.25) is 0 Å². The zero-order valence-corrected chi connectivity index (χ0v) is 19.8. The third kappa shape index (κ3) is 1220. The van der Waals surface area contributed by atoms with Gasteiger partial charge in [0.1, 0.15) is 0 Å². The molecule has 0 N–H and O–H groups in total. The molecule has 0 aliphatic heterocycles. The number of hydrogen-bond donors (Lipinski definition) is 0. The van der Waals surface area contributed by atoms with Gasteiger partial charge in [-0.15, -0.1) is 0 Å². The second-order valence-corrected chi connectivity index (χ2v) is 0. The molecule has 130 valence electrons. The molecule has 0 amide bonds. The molecule has 0 unspecified atom stereocenters. The normalized spacial score (nSPS) is 0. The van der Waals surface area contributed by atoms with Crippen LogP contribution in [0.15, 0.2) is 0 Å². The van der Waals surface area contributed by atoms with E-state index in [4.69, 9.17) is 0 Å². The first kappa shape index (κ1) is 1690. The van der Waals surface area contributed by atoms with E-state index in [-0.39, 0.29) is 172 Å². The van der Waals surface area contributed by atoms with Gasteiger partial charge in [0, 0.05) is 0 Å². The molecule has 0 saturated carbocycles. The molecule has 0 aliphatic carbocycles. The van der Waals surface area contributed by atoms with E-state index in [9.17, 15) is 0 Å². The van der Waals surface area contributed by atoms with E-state index in [0.29, 0.717) is 0 Å². The van der Waals surface area contributed by atoms with Gasteiger partial charge in [-0.2, -0.15) is 0 Å². The molecule has 4 heteroatoms. The standard InChI is InChI=1S/14CH3.4Fe/h14*1H3;;;;/q14*-1;+2;3*+4. The first-order valence-electron chi connectivity index (χ1n) is 0. The Kier molecular flexibility index (Phi) is 136000. The molecule has 0 aromatic heterocycles. The van der Waals surface area contributed by atoms with Crippen LogP contribution in [0.25, 0.3) is 0 Å². The Morgan fingerprint density at radius 1 is 0.167 bits per heavy atom. The van der Waals surface area contributed by atoms with Gasteiger partial charge in [-0.25, -0.2) is 0 Å². The fraction of sp³-hybridized carbons (Fsp3) is 0. The van der Waals surface area contributed by atoms with E-state index >= 15 is 0 Å². The molecule has 0 aromatic carbocycles. The van der Waals surface area contributed by atoms with Crippen LogP contribution >= 0.6 is 0 Å². The zero-order valence-electron chi connectivity index (χ0n) is 15.4. The number of hydrogen-bond acceptors (Lipinski definition) is 0. The predicted molar refractivity (Wildman–Crippen MR) is 89.8 cm³/mol. The molecule has 0 aliphatic rings. The van der Waals surface area contributed by atoms with Crippen molar-refractivity contribution < 1.29 is 68.3 Å². The first-order valence-corrected chi connectivity index (χ1v) is 0. The Balaban J connectivity index is 0. The quantitative estimate of drug-likeness (QED) is 0.311. The van der Waals surface area contributed by atoms with Crippen molar-refractivity contribution in [2.75, 3.05) is 0 Å². The van der Waals surface area contributed by atoms with Crippen LogP contribution in [0.4, 0.5) is 0 Å². The molecule has 0 rings (SSSR count). The van der Waals surface area contributed by atoms with Crippen molar-refractivity contribution in [3.8, 4) is 0 Å². The maximum absolute atomic E-state index is 0.